The van der Waals surface area contributed by atoms with Crippen LogP contribution in [0.5, 0.6) is 17.4 Å². The highest BCUT2D eigenvalue weighted by Crippen LogP contribution is 2.37. The molecule has 1 heterocycles. The molecule has 0 aliphatic carbocycles. The largest absolute Gasteiger partial charge is 0.493 e. The Kier molecular flexibility index (Phi) is 9.54. The molecule has 2 atom stereocenters. The summed E-state index contributed by atoms with van der Waals surface area (Å²) in [6.07, 6.45) is 0.324. The van der Waals surface area contributed by atoms with E-state index in [-0.39, 0.29) is 18.2 Å². The van der Waals surface area contributed by atoms with Gasteiger partial charge >= 0.3 is 0 Å². The maximum Gasteiger partial charge on any atom is 0.222 e. The summed E-state index contributed by atoms with van der Waals surface area (Å²) in [7, 11) is 3.52. The quantitative estimate of drug-likeness (QED) is 0.349. The van der Waals surface area contributed by atoms with Crippen molar-refractivity contribution in [1.29, 1.82) is 0 Å². The van der Waals surface area contributed by atoms with Crippen LogP contribution in [0.2, 0.25) is 0 Å². The molecule has 0 aliphatic rings. The fourth-order valence-electron chi connectivity index (χ4n) is 3.99. The minimum Gasteiger partial charge on any atom is -0.493 e. The molecular formula is C29H41N3O4. The number of aliphatic hydroxyl groups is 1. The summed E-state index contributed by atoms with van der Waals surface area (Å²) in [5, 5.41) is 15.7. The topological polar surface area (TPSA) is 69.0 Å². The molecule has 7 heteroatoms. The Labute approximate surface area is 215 Å². The number of benzene rings is 2. The Bertz CT molecular complexity index is 1090. The summed E-state index contributed by atoms with van der Waals surface area (Å²) in [4.78, 5) is 2.27. The zero-order chi connectivity index (χ0) is 26.3. The smallest absolute Gasteiger partial charge is 0.222 e. The third-order valence-electron chi connectivity index (χ3n) is 6.14. The number of aromatic nitrogens is 2. The maximum absolute atomic E-state index is 10.8. The van der Waals surface area contributed by atoms with Crippen LogP contribution in [-0.4, -0.2) is 57.8 Å². The first-order valence-electron chi connectivity index (χ1n) is 12.6. The van der Waals surface area contributed by atoms with Crippen molar-refractivity contribution < 1.29 is 19.3 Å². The van der Waals surface area contributed by atoms with Crippen LogP contribution in [0.1, 0.15) is 46.6 Å². The first kappa shape index (κ1) is 27.7. The van der Waals surface area contributed by atoms with Gasteiger partial charge in [-0.05, 0) is 46.2 Å². The van der Waals surface area contributed by atoms with Crippen molar-refractivity contribution >= 4 is 0 Å². The zero-order valence-corrected chi connectivity index (χ0v) is 22.7. The molecule has 3 rings (SSSR count). The van der Waals surface area contributed by atoms with Gasteiger partial charge in [-0.3, -0.25) is 4.90 Å². The summed E-state index contributed by atoms with van der Waals surface area (Å²) >= 11 is 0. The summed E-state index contributed by atoms with van der Waals surface area (Å²) in [5.41, 5.74) is 2.52. The molecule has 0 fully saturated rings. The number of nitrogens with zero attached hydrogens (tertiary/aromatic N) is 3. The van der Waals surface area contributed by atoms with Gasteiger partial charge in [0.2, 0.25) is 5.88 Å². The summed E-state index contributed by atoms with van der Waals surface area (Å²) in [5.74, 6) is 1.92. The minimum atomic E-state index is -0.617. The summed E-state index contributed by atoms with van der Waals surface area (Å²) < 4.78 is 19.6. The van der Waals surface area contributed by atoms with Crippen LogP contribution in [0.3, 0.4) is 0 Å². The van der Waals surface area contributed by atoms with Gasteiger partial charge < -0.3 is 19.3 Å². The third kappa shape index (κ3) is 7.32. The average Bonchev–Trinajstić information content (AvgIpc) is 3.17. The van der Waals surface area contributed by atoms with Gasteiger partial charge in [0.15, 0.2) is 11.5 Å². The van der Waals surface area contributed by atoms with Gasteiger partial charge in [-0.15, -0.1) is 0 Å². The van der Waals surface area contributed by atoms with Crippen LogP contribution < -0.4 is 9.47 Å². The number of hydrogen-bond acceptors (Lipinski definition) is 6. The maximum atomic E-state index is 10.8. The van der Waals surface area contributed by atoms with Gasteiger partial charge in [-0.1, -0.05) is 49.4 Å². The molecule has 0 spiro atoms. The first-order valence-corrected chi connectivity index (χ1v) is 12.6. The van der Waals surface area contributed by atoms with Gasteiger partial charge in [-0.25, -0.2) is 4.68 Å². The number of aryl methyl sites for hydroxylation is 1. The number of ether oxygens (including phenoxy) is 3. The predicted octanol–water partition coefficient (Wildman–Crippen LogP) is 5.66. The van der Waals surface area contributed by atoms with Gasteiger partial charge in [0.05, 0.1) is 31.0 Å². The van der Waals surface area contributed by atoms with Crippen LogP contribution in [0, 0.1) is 0 Å². The predicted molar refractivity (Wildman–Crippen MR) is 144 cm³/mol. The molecule has 0 bridgehead atoms. The average molecular weight is 496 g/mol. The molecule has 0 amide bonds. The molecule has 0 saturated carbocycles. The number of rotatable bonds is 12. The Morgan fingerprint density at radius 1 is 1.03 bits per heavy atom. The van der Waals surface area contributed by atoms with E-state index in [1.807, 2.05) is 70.3 Å². The van der Waals surface area contributed by atoms with Crippen LogP contribution >= 0.6 is 0 Å². The van der Waals surface area contributed by atoms with Gasteiger partial charge in [0.1, 0.15) is 5.69 Å². The monoisotopic (exact) mass is 495 g/mol. The van der Waals surface area contributed by atoms with Gasteiger partial charge in [0.25, 0.3) is 0 Å². The van der Waals surface area contributed by atoms with Crippen LogP contribution in [0.25, 0.3) is 11.3 Å². The van der Waals surface area contributed by atoms with Crippen molar-refractivity contribution in [2.75, 3.05) is 20.3 Å². The molecular weight excluding hydrogens is 454 g/mol. The highest BCUT2D eigenvalue weighted by molar-refractivity contribution is 5.66. The normalized spacial score (nSPS) is 13.6. The Morgan fingerprint density at radius 3 is 2.28 bits per heavy atom. The van der Waals surface area contributed by atoms with E-state index in [4.69, 9.17) is 19.3 Å². The summed E-state index contributed by atoms with van der Waals surface area (Å²) in [6.45, 7) is 11.6. The second kappa shape index (κ2) is 12.4. The second-order valence-electron chi connectivity index (χ2n) is 10.1. The fraction of sp³-hybridized carbons (Fsp3) is 0.483. The van der Waals surface area contributed by atoms with Crippen molar-refractivity contribution in [3.05, 3.63) is 60.2 Å². The molecule has 2 aromatic carbocycles. The number of para-hydroxylation sites is 2. The highest BCUT2D eigenvalue weighted by atomic mass is 16.5. The van der Waals surface area contributed by atoms with E-state index in [2.05, 4.69) is 30.9 Å². The summed E-state index contributed by atoms with van der Waals surface area (Å²) in [6, 6.07) is 17.9. The zero-order valence-electron chi connectivity index (χ0n) is 22.7. The van der Waals surface area contributed by atoms with E-state index >= 15 is 0 Å². The molecule has 0 saturated heterocycles. The van der Waals surface area contributed by atoms with Crippen molar-refractivity contribution in [2.24, 2.45) is 7.05 Å². The lowest BCUT2D eigenvalue weighted by molar-refractivity contribution is -0.0593. The Hall–Kier alpha value is -2.87. The lowest BCUT2D eigenvalue weighted by Gasteiger charge is -2.31. The van der Waals surface area contributed by atoms with Crippen molar-refractivity contribution in [1.82, 2.24) is 14.7 Å². The fourth-order valence-corrected chi connectivity index (χ4v) is 3.99. The van der Waals surface area contributed by atoms with Crippen molar-refractivity contribution in [3.8, 4) is 28.6 Å². The molecule has 3 aromatic rings. The Morgan fingerprint density at radius 2 is 1.67 bits per heavy atom. The highest BCUT2D eigenvalue weighted by Gasteiger charge is 2.26. The van der Waals surface area contributed by atoms with Crippen LogP contribution in [-0.2, 0) is 18.3 Å². The second-order valence-corrected chi connectivity index (χ2v) is 10.1. The number of hydrogen-bond donors (Lipinski definition) is 1. The van der Waals surface area contributed by atoms with E-state index in [1.165, 1.54) is 0 Å². The van der Waals surface area contributed by atoms with E-state index in [9.17, 15) is 5.11 Å². The standard InChI is InChI=1S/C29H41N3O4/c1-8-21(2)32(18-23(33)20-35-29(3,4)5)19-24-27(22-14-10-9-11-15-22)30-31(6)28(24)36-26-17-13-12-16-25(26)34-7/h9-17,21,23,33H,8,18-20H2,1-7H3/t21-,23+/m1/s1. The molecule has 196 valence electrons. The van der Waals surface area contributed by atoms with Gasteiger partial charge in [-0.2, -0.15) is 5.10 Å². The molecule has 0 radical (unpaired) electrons. The molecule has 0 aliphatic heterocycles. The SMILES string of the molecule is CC[C@@H](C)N(Cc1c(-c2ccccc2)nn(C)c1Oc1ccccc1OC)C[C@H](O)COC(C)(C)C. The lowest BCUT2D eigenvalue weighted by atomic mass is 10.1. The first-order chi connectivity index (χ1) is 17.1. The molecule has 1 N–H and O–H groups in total. The molecule has 0 unspecified atom stereocenters. The van der Waals surface area contributed by atoms with E-state index in [1.54, 1.807) is 11.8 Å². The van der Waals surface area contributed by atoms with Crippen molar-refractivity contribution in [2.45, 2.75) is 65.3 Å². The van der Waals surface area contributed by atoms with E-state index in [0.717, 1.165) is 23.2 Å². The number of aliphatic hydroxyl groups excluding tert-OH is 1. The number of methoxy groups -OCH3 is 1. The van der Waals surface area contributed by atoms with E-state index in [0.29, 0.717) is 30.5 Å². The molecule has 7 nitrogen and oxygen atoms in total. The van der Waals surface area contributed by atoms with Gasteiger partial charge in [0, 0.05) is 31.7 Å². The van der Waals surface area contributed by atoms with Crippen molar-refractivity contribution in [3.63, 3.8) is 0 Å². The molecule has 36 heavy (non-hydrogen) atoms. The lowest BCUT2D eigenvalue weighted by Crippen LogP contribution is -2.41. The molecule has 1 aromatic heterocycles. The minimum absolute atomic E-state index is 0.234. The van der Waals surface area contributed by atoms with Crippen LogP contribution in [0.15, 0.2) is 54.6 Å². The van der Waals surface area contributed by atoms with E-state index < -0.39 is 6.10 Å². The van der Waals surface area contributed by atoms with Crippen LogP contribution in [0.4, 0.5) is 0 Å². The Balaban J connectivity index is 1.99. The third-order valence-corrected chi connectivity index (χ3v) is 6.14.